The molecule has 1 amide bonds. The number of benzene rings is 3. The van der Waals surface area contributed by atoms with E-state index in [1.807, 2.05) is 4.57 Å². The summed E-state index contributed by atoms with van der Waals surface area (Å²) in [6.07, 6.45) is 2.24. The Bertz CT molecular complexity index is 1730. The SMILES string of the molecule is COCCOCCOCCOCCNC(=O)c1cc(F)c(CSc2nc3c(n2-c2ccc(F)cc2)C(c2ccc(F)c(OC)c2)CCC3)c(F)c1. The molecule has 0 bridgehead atoms. The molecule has 274 valence electrons. The quantitative estimate of drug-likeness (QED) is 0.0654. The average Bonchev–Trinajstić information content (AvgIpc) is 3.50. The number of hydrogen-bond donors (Lipinski definition) is 1. The number of ether oxygens (including phenoxy) is 5. The van der Waals surface area contributed by atoms with E-state index in [4.69, 9.17) is 28.7 Å². The number of aromatic nitrogens is 2. The molecule has 1 atom stereocenters. The van der Waals surface area contributed by atoms with Crippen LogP contribution >= 0.6 is 11.8 Å². The van der Waals surface area contributed by atoms with Crippen molar-refractivity contribution >= 4 is 17.7 Å². The minimum absolute atomic E-state index is 0.121. The molecule has 0 spiro atoms. The molecule has 1 aliphatic carbocycles. The first-order chi connectivity index (χ1) is 24.8. The molecule has 1 aliphatic rings. The number of halogens is 4. The summed E-state index contributed by atoms with van der Waals surface area (Å²) in [5.41, 5.74) is 2.73. The van der Waals surface area contributed by atoms with Crippen molar-refractivity contribution in [3.8, 4) is 11.4 Å². The number of imidazole rings is 1. The van der Waals surface area contributed by atoms with Gasteiger partial charge in [0.1, 0.15) is 17.5 Å². The van der Waals surface area contributed by atoms with Crippen LogP contribution in [0.5, 0.6) is 5.75 Å². The van der Waals surface area contributed by atoms with Crippen LogP contribution in [0.2, 0.25) is 0 Å². The number of carbonyl (C=O) groups excluding carboxylic acids is 1. The van der Waals surface area contributed by atoms with Crippen molar-refractivity contribution in [1.82, 2.24) is 14.9 Å². The first kappa shape index (κ1) is 38.3. The van der Waals surface area contributed by atoms with Gasteiger partial charge in [-0.05, 0) is 73.4 Å². The van der Waals surface area contributed by atoms with E-state index in [0.717, 1.165) is 53.7 Å². The summed E-state index contributed by atoms with van der Waals surface area (Å²) in [4.78, 5) is 17.5. The molecule has 1 unspecified atom stereocenters. The Morgan fingerprint density at radius 3 is 2.20 bits per heavy atom. The van der Waals surface area contributed by atoms with Gasteiger partial charge < -0.3 is 29.0 Å². The topological polar surface area (TPSA) is 93.1 Å². The van der Waals surface area contributed by atoms with Crippen LogP contribution in [-0.4, -0.2) is 82.5 Å². The smallest absolute Gasteiger partial charge is 0.251 e. The molecular weight excluding hydrogens is 690 g/mol. The van der Waals surface area contributed by atoms with E-state index < -0.39 is 29.2 Å². The summed E-state index contributed by atoms with van der Waals surface area (Å²) >= 11 is 1.13. The lowest BCUT2D eigenvalue weighted by molar-refractivity contribution is 0.00414. The molecule has 1 N–H and O–H groups in total. The Balaban J connectivity index is 1.23. The van der Waals surface area contributed by atoms with Crippen LogP contribution in [0.4, 0.5) is 17.6 Å². The van der Waals surface area contributed by atoms with Crippen molar-refractivity contribution in [2.45, 2.75) is 36.1 Å². The van der Waals surface area contributed by atoms with Gasteiger partial charge in [-0.1, -0.05) is 17.8 Å². The van der Waals surface area contributed by atoms with Crippen LogP contribution in [0, 0.1) is 23.3 Å². The molecule has 5 rings (SSSR count). The number of hydrogen-bond acceptors (Lipinski definition) is 8. The second-order valence-electron chi connectivity index (χ2n) is 11.7. The number of rotatable bonds is 19. The average molecular weight is 732 g/mol. The molecule has 0 saturated heterocycles. The first-order valence-corrected chi connectivity index (χ1v) is 17.6. The van der Waals surface area contributed by atoms with Gasteiger partial charge in [-0.25, -0.2) is 22.5 Å². The second-order valence-corrected chi connectivity index (χ2v) is 12.6. The van der Waals surface area contributed by atoms with E-state index >= 15 is 8.78 Å². The van der Waals surface area contributed by atoms with Gasteiger partial charge in [0, 0.05) is 42.1 Å². The summed E-state index contributed by atoms with van der Waals surface area (Å²) in [5, 5.41) is 3.07. The van der Waals surface area contributed by atoms with Crippen molar-refractivity contribution in [2.75, 3.05) is 67.0 Å². The minimum Gasteiger partial charge on any atom is -0.494 e. The Labute approximate surface area is 298 Å². The fraction of sp³-hybridized carbons (Fsp3) is 0.405. The van der Waals surface area contributed by atoms with Crippen molar-refractivity contribution in [1.29, 1.82) is 0 Å². The molecule has 0 aliphatic heterocycles. The van der Waals surface area contributed by atoms with Gasteiger partial charge in [0.05, 0.1) is 64.7 Å². The highest BCUT2D eigenvalue weighted by Gasteiger charge is 2.31. The number of methoxy groups -OCH3 is 2. The van der Waals surface area contributed by atoms with Gasteiger partial charge >= 0.3 is 0 Å². The molecular formula is C37H41F4N3O6S. The molecule has 0 fully saturated rings. The fourth-order valence-corrected chi connectivity index (χ4v) is 6.85. The molecule has 4 aromatic rings. The van der Waals surface area contributed by atoms with Crippen LogP contribution in [0.25, 0.3) is 5.69 Å². The number of thioether (sulfide) groups is 1. The molecule has 9 nitrogen and oxygen atoms in total. The van der Waals surface area contributed by atoms with Crippen molar-refractivity contribution in [3.63, 3.8) is 0 Å². The highest BCUT2D eigenvalue weighted by molar-refractivity contribution is 7.98. The third kappa shape index (κ3) is 10.1. The maximum Gasteiger partial charge on any atom is 0.251 e. The van der Waals surface area contributed by atoms with E-state index in [2.05, 4.69) is 5.32 Å². The van der Waals surface area contributed by atoms with Crippen molar-refractivity contribution in [2.24, 2.45) is 0 Å². The number of fused-ring (bicyclic) bond motifs is 1. The largest absolute Gasteiger partial charge is 0.494 e. The lowest BCUT2D eigenvalue weighted by Gasteiger charge is -2.25. The molecule has 51 heavy (non-hydrogen) atoms. The van der Waals surface area contributed by atoms with Crippen LogP contribution in [-0.2, 0) is 31.1 Å². The Morgan fingerprint density at radius 2 is 1.53 bits per heavy atom. The van der Waals surface area contributed by atoms with Gasteiger partial charge in [0.2, 0.25) is 0 Å². The summed E-state index contributed by atoms with van der Waals surface area (Å²) in [6.45, 7) is 2.88. The monoisotopic (exact) mass is 731 g/mol. The highest BCUT2D eigenvalue weighted by Crippen LogP contribution is 2.42. The summed E-state index contributed by atoms with van der Waals surface area (Å²) in [7, 11) is 3.00. The zero-order valence-corrected chi connectivity index (χ0v) is 29.3. The lowest BCUT2D eigenvalue weighted by atomic mass is 9.84. The fourth-order valence-electron chi connectivity index (χ4n) is 5.79. The third-order valence-corrected chi connectivity index (χ3v) is 9.28. The van der Waals surface area contributed by atoms with Crippen molar-refractivity contribution < 1.29 is 46.0 Å². The van der Waals surface area contributed by atoms with Crippen molar-refractivity contribution in [3.05, 3.63) is 106 Å². The van der Waals surface area contributed by atoms with Crippen LogP contribution in [0.15, 0.2) is 59.8 Å². The summed E-state index contributed by atoms with van der Waals surface area (Å²) in [5.74, 6) is -3.45. The van der Waals surface area contributed by atoms with Gasteiger partial charge in [-0.3, -0.25) is 9.36 Å². The van der Waals surface area contributed by atoms with E-state index in [1.165, 1.54) is 25.3 Å². The lowest BCUT2D eigenvalue weighted by Crippen LogP contribution is -2.28. The maximum atomic E-state index is 15.3. The van der Waals surface area contributed by atoms with E-state index in [0.29, 0.717) is 56.9 Å². The second kappa shape index (κ2) is 19.0. The normalized spacial score (nSPS) is 14.0. The van der Waals surface area contributed by atoms with Gasteiger partial charge in [0.15, 0.2) is 16.7 Å². The van der Waals surface area contributed by atoms with E-state index in [9.17, 15) is 13.6 Å². The number of nitrogens with zero attached hydrogens (tertiary/aromatic N) is 2. The molecule has 14 heteroatoms. The van der Waals surface area contributed by atoms with E-state index in [-0.39, 0.29) is 41.7 Å². The van der Waals surface area contributed by atoms with Gasteiger partial charge in [-0.15, -0.1) is 0 Å². The summed E-state index contributed by atoms with van der Waals surface area (Å²) in [6, 6.07) is 12.7. The number of amides is 1. The predicted octanol–water partition coefficient (Wildman–Crippen LogP) is 6.62. The number of nitrogens with one attached hydrogen (secondary N) is 1. The maximum absolute atomic E-state index is 15.3. The zero-order valence-electron chi connectivity index (χ0n) is 28.5. The molecule has 1 aromatic heterocycles. The molecule has 1 heterocycles. The van der Waals surface area contributed by atoms with Crippen LogP contribution in [0.3, 0.4) is 0 Å². The first-order valence-electron chi connectivity index (χ1n) is 16.6. The highest BCUT2D eigenvalue weighted by atomic mass is 32.2. The van der Waals surface area contributed by atoms with Crippen LogP contribution in [0.1, 0.15) is 51.6 Å². The van der Waals surface area contributed by atoms with Gasteiger partial charge in [-0.2, -0.15) is 0 Å². The Morgan fingerprint density at radius 1 is 0.863 bits per heavy atom. The molecule has 0 radical (unpaired) electrons. The minimum atomic E-state index is -0.867. The Hall–Kier alpha value is -3.95. The Kier molecular flexibility index (Phi) is 14.3. The molecule has 3 aromatic carbocycles. The zero-order chi connectivity index (χ0) is 36.2. The van der Waals surface area contributed by atoms with Gasteiger partial charge in [0.25, 0.3) is 5.91 Å². The molecule has 0 saturated carbocycles. The third-order valence-electron chi connectivity index (χ3n) is 8.31. The predicted molar refractivity (Wildman–Crippen MR) is 184 cm³/mol. The van der Waals surface area contributed by atoms with Crippen LogP contribution < -0.4 is 10.1 Å². The number of carbonyl (C=O) groups is 1. The van der Waals surface area contributed by atoms with E-state index in [1.54, 1.807) is 31.4 Å². The number of aryl methyl sites for hydroxylation is 1. The summed E-state index contributed by atoms with van der Waals surface area (Å²) < 4.78 is 87.0. The standard InChI is InChI=1S/C37H41F4N3O6S/c1-46-14-15-49-18-19-50-17-16-48-13-12-42-36(45)25-20-31(40)29(32(41)21-25)23-51-37-43-33-5-3-4-28(24-6-11-30(39)34(22-24)47-2)35(33)44(37)27-9-7-26(38)8-10-27/h6-11,20-22,28H,3-5,12-19,23H2,1-2H3,(H,42,45).